The van der Waals surface area contributed by atoms with Crippen molar-refractivity contribution in [2.75, 3.05) is 6.54 Å². The van der Waals surface area contributed by atoms with Gasteiger partial charge in [-0.2, -0.15) is 0 Å². The first-order chi connectivity index (χ1) is 9.69. The quantitative estimate of drug-likeness (QED) is 0.856. The van der Waals surface area contributed by atoms with Crippen LogP contribution in [0.15, 0.2) is 42.6 Å². The van der Waals surface area contributed by atoms with E-state index in [9.17, 15) is 0 Å². The summed E-state index contributed by atoms with van der Waals surface area (Å²) in [5, 5.41) is 4.24. The van der Waals surface area contributed by atoms with E-state index < -0.39 is 0 Å². The zero-order chi connectivity index (χ0) is 14.4. The van der Waals surface area contributed by atoms with Gasteiger partial charge in [0.05, 0.1) is 16.8 Å². The molecule has 0 saturated heterocycles. The van der Waals surface area contributed by atoms with Crippen LogP contribution in [0, 0.1) is 6.92 Å². The first-order valence-electron chi connectivity index (χ1n) is 7.09. The zero-order valence-corrected chi connectivity index (χ0v) is 12.8. The molecule has 2 aromatic rings. The van der Waals surface area contributed by atoms with Gasteiger partial charge in [-0.25, -0.2) is 0 Å². The Bertz CT molecular complexity index is 520. The van der Waals surface area contributed by atoms with Gasteiger partial charge in [-0.05, 0) is 44.0 Å². The number of halogens is 1. The predicted molar refractivity (Wildman–Crippen MR) is 85.2 cm³/mol. The molecule has 1 atom stereocenters. The molecular formula is C17H21ClN2. The van der Waals surface area contributed by atoms with E-state index in [2.05, 4.69) is 48.4 Å². The topological polar surface area (TPSA) is 24.9 Å². The van der Waals surface area contributed by atoms with Crippen LogP contribution in [0.3, 0.4) is 0 Å². The van der Waals surface area contributed by atoms with Crippen molar-refractivity contribution >= 4 is 11.6 Å². The molecule has 1 N–H and O–H groups in total. The number of pyridine rings is 1. The molecule has 0 saturated carbocycles. The van der Waals surface area contributed by atoms with Crippen molar-refractivity contribution in [3.05, 3.63) is 64.4 Å². The van der Waals surface area contributed by atoms with Crippen LogP contribution in [-0.2, 0) is 6.42 Å². The Morgan fingerprint density at radius 1 is 1.15 bits per heavy atom. The summed E-state index contributed by atoms with van der Waals surface area (Å²) in [7, 11) is 0. The minimum absolute atomic E-state index is 0.231. The van der Waals surface area contributed by atoms with E-state index in [-0.39, 0.29) is 6.04 Å². The zero-order valence-electron chi connectivity index (χ0n) is 12.1. The third-order valence-electron chi connectivity index (χ3n) is 3.31. The molecule has 0 bridgehead atoms. The van der Waals surface area contributed by atoms with E-state index in [1.165, 1.54) is 11.1 Å². The van der Waals surface area contributed by atoms with Gasteiger partial charge in [-0.1, -0.05) is 48.4 Å². The van der Waals surface area contributed by atoms with Crippen LogP contribution in [0.2, 0.25) is 5.02 Å². The minimum Gasteiger partial charge on any atom is -0.308 e. The molecule has 0 aliphatic rings. The lowest BCUT2D eigenvalue weighted by atomic mass is 10.0. The highest BCUT2D eigenvalue weighted by molar-refractivity contribution is 6.30. The monoisotopic (exact) mass is 288 g/mol. The van der Waals surface area contributed by atoms with E-state index in [4.69, 9.17) is 11.6 Å². The van der Waals surface area contributed by atoms with Crippen molar-refractivity contribution in [1.82, 2.24) is 10.3 Å². The summed E-state index contributed by atoms with van der Waals surface area (Å²) in [5.74, 6) is 0. The van der Waals surface area contributed by atoms with Gasteiger partial charge in [-0.15, -0.1) is 0 Å². The van der Waals surface area contributed by atoms with Gasteiger partial charge in [0.1, 0.15) is 0 Å². The van der Waals surface area contributed by atoms with Crippen molar-refractivity contribution in [2.45, 2.75) is 32.7 Å². The van der Waals surface area contributed by atoms with E-state index in [1.807, 2.05) is 12.1 Å². The van der Waals surface area contributed by atoms with Gasteiger partial charge >= 0.3 is 0 Å². The molecule has 20 heavy (non-hydrogen) atoms. The minimum atomic E-state index is 0.231. The smallest absolute Gasteiger partial charge is 0.0589 e. The number of nitrogens with zero attached hydrogens (tertiary/aromatic N) is 1. The van der Waals surface area contributed by atoms with Gasteiger partial charge in [0.25, 0.3) is 0 Å². The Balaban J connectivity index is 2.14. The molecular weight excluding hydrogens is 268 g/mol. The molecule has 1 heterocycles. The number of aryl methyl sites for hydroxylation is 1. The molecule has 0 amide bonds. The van der Waals surface area contributed by atoms with Gasteiger partial charge in [0.2, 0.25) is 0 Å². The van der Waals surface area contributed by atoms with Crippen LogP contribution in [0.1, 0.15) is 36.2 Å². The SMILES string of the molecule is CCCNC(Cc1ccc(C)cc1)c1ccc(Cl)cn1. The average Bonchev–Trinajstić information content (AvgIpc) is 2.46. The molecule has 0 aliphatic heterocycles. The maximum atomic E-state index is 5.92. The first kappa shape index (κ1) is 15.0. The summed E-state index contributed by atoms with van der Waals surface area (Å²) in [6.45, 7) is 5.27. The van der Waals surface area contributed by atoms with Crippen molar-refractivity contribution in [1.29, 1.82) is 0 Å². The summed E-state index contributed by atoms with van der Waals surface area (Å²) >= 11 is 5.92. The third-order valence-corrected chi connectivity index (χ3v) is 3.53. The lowest BCUT2D eigenvalue weighted by Crippen LogP contribution is -2.24. The third kappa shape index (κ3) is 4.32. The summed E-state index contributed by atoms with van der Waals surface area (Å²) in [6.07, 6.45) is 3.76. The average molecular weight is 289 g/mol. The van der Waals surface area contributed by atoms with Crippen molar-refractivity contribution in [3.63, 3.8) is 0 Å². The lowest BCUT2D eigenvalue weighted by molar-refractivity contribution is 0.518. The Morgan fingerprint density at radius 3 is 2.50 bits per heavy atom. The van der Waals surface area contributed by atoms with E-state index in [0.29, 0.717) is 5.02 Å². The Hall–Kier alpha value is -1.38. The fraction of sp³-hybridized carbons (Fsp3) is 0.353. The van der Waals surface area contributed by atoms with Crippen LogP contribution in [0.5, 0.6) is 0 Å². The van der Waals surface area contributed by atoms with Gasteiger partial charge in [-0.3, -0.25) is 4.98 Å². The summed E-state index contributed by atoms with van der Waals surface area (Å²) in [4.78, 5) is 4.45. The maximum absolute atomic E-state index is 5.92. The lowest BCUT2D eigenvalue weighted by Gasteiger charge is -2.18. The van der Waals surface area contributed by atoms with Crippen molar-refractivity contribution < 1.29 is 0 Å². The second-order valence-corrected chi connectivity index (χ2v) is 5.53. The van der Waals surface area contributed by atoms with Crippen LogP contribution < -0.4 is 5.32 Å². The molecule has 0 spiro atoms. The van der Waals surface area contributed by atoms with Crippen molar-refractivity contribution in [2.24, 2.45) is 0 Å². The molecule has 0 aliphatic carbocycles. The maximum Gasteiger partial charge on any atom is 0.0589 e. The van der Waals surface area contributed by atoms with Gasteiger partial charge in [0.15, 0.2) is 0 Å². The fourth-order valence-corrected chi connectivity index (χ4v) is 2.26. The number of nitrogens with one attached hydrogen (secondary N) is 1. The van der Waals surface area contributed by atoms with Crippen LogP contribution in [-0.4, -0.2) is 11.5 Å². The molecule has 3 heteroatoms. The van der Waals surface area contributed by atoms with Crippen LogP contribution in [0.4, 0.5) is 0 Å². The molecule has 2 nitrogen and oxygen atoms in total. The number of aromatic nitrogens is 1. The molecule has 1 aromatic heterocycles. The Labute approximate surface area is 126 Å². The highest BCUT2D eigenvalue weighted by atomic mass is 35.5. The number of hydrogen-bond donors (Lipinski definition) is 1. The second kappa shape index (κ2) is 7.41. The van der Waals surface area contributed by atoms with Gasteiger partial charge in [0, 0.05) is 6.20 Å². The summed E-state index contributed by atoms with van der Waals surface area (Å²) < 4.78 is 0. The van der Waals surface area contributed by atoms with E-state index in [0.717, 1.165) is 25.1 Å². The fourth-order valence-electron chi connectivity index (χ4n) is 2.15. The largest absolute Gasteiger partial charge is 0.308 e. The second-order valence-electron chi connectivity index (χ2n) is 5.10. The number of rotatable bonds is 6. The highest BCUT2D eigenvalue weighted by Gasteiger charge is 2.12. The Kier molecular flexibility index (Phi) is 5.57. The van der Waals surface area contributed by atoms with Gasteiger partial charge < -0.3 is 5.32 Å². The molecule has 0 fully saturated rings. The molecule has 2 rings (SSSR count). The highest BCUT2D eigenvalue weighted by Crippen LogP contribution is 2.18. The molecule has 0 radical (unpaired) electrons. The predicted octanol–water partition coefficient (Wildman–Crippen LogP) is 4.33. The van der Waals surface area contributed by atoms with Crippen LogP contribution >= 0.6 is 11.6 Å². The van der Waals surface area contributed by atoms with E-state index in [1.54, 1.807) is 6.20 Å². The van der Waals surface area contributed by atoms with E-state index >= 15 is 0 Å². The molecule has 1 unspecified atom stereocenters. The number of benzene rings is 1. The first-order valence-corrected chi connectivity index (χ1v) is 7.47. The standard InChI is InChI=1S/C17H21ClN2/c1-3-10-19-17(16-9-8-15(18)12-20-16)11-14-6-4-13(2)5-7-14/h4-9,12,17,19H,3,10-11H2,1-2H3. The summed E-state index contributed by atoms with van der Waals surface area (Å²) in [5.41, 5.74) is 3.65. The van der Waals surface area contributed by atoms with Crippen molar-refractivity contribution in [3.8, 4) is 0 Å². The Morgan fingerprint density at radius 2 is 1.90 bits per heavy atom. The van der Waals surface area contributed by atoms with Crippen LogP contribution in [0.25, 0.3) is 0 Å². The normalized spacial score (nSPS) is 12.3. The summed E-state index contributed by atoms with van der Waals surface area (Å²) in [6, 6.07) is 12.8. The number of hydrogen-bond acceptors (Lipinski definition) is 2. The molecule has 1 aromatic carbocycles. The molecule has 106 valence electrons.